The van der Waals surface area contributed by atoms with Gasteiger partial charge in [0.15, 0.2) is 5.75 Å². The van der Waals surface area contributed by atoms with Crippen molar-refractivity contribution >= 4 is 17.6 Å². The van der Waals surface area contributed by atoms with Crippen molar-refractivity contribution in [2.24, 2.45) is 5.41 Å². The number of halogens is 1. The smallest absolute Gasteiger partial charge is 0.345 e. The fourth-order valence-electron chi connectivity index (χ4n) is 1.46. The maximum atomic E-state index is 12.2. The molecule has 0 atom stereocenters. The Morgan fingerprint density at radius 1 is 1.21 bits per heavy atom. The molecule has 0 saturated carbocycles. The molecule has 0 N–H and O–H groups in total. The van der Waals surface area contributed by atoms with Gasteiger partial charge in [0, 0.05) is 0 Å². The number of benzene rings is 1. The third-order valence-corrected chi connectivity index (χ3v) is 2.63. The lowest BCUT2D eigenvalue weighted by atomic mass is 9.99. The van der Waals surface area contributed by atoms with E-state index < -0.39 is 5.97 Å². The molecule has 19 heavy (non-hydrogen) atoms. The van der Waals surface area contributed by atoms with Crippen molar-refractivity contribution in [1.82, 2.24) is 0 Å². The van der Waals surface area contributed by atoms with E-state index in [1.807, 2.05) is 20.8 Å². The van der Waals surface area contributed by atoms with Crippen LogP contribution in [0.25, 0.3) is 0 Å². The number of esters is 1. The van der Waals surface area contributed by atoms with Crippen LogP contribution in [0.15, 0.2) is 12.1 Å². The van der Waals surface area contributed by atoms with E-state index in [1.165, 1.54) is 14.2 Å². The van der Waals surface area contributed by atoms with Crippen molar-refractivity contribution in [3.05, 3.63) is 22.7 Å². The molecule has 0 aliphatic carbocycles. The third kappa shape index (κ3) is 4.03. The standard InChI is InChI=1S/C14H19ClO4/c1-14(2,3)8-19-13(16)11-10(17-4)7-6-9(15)12(11)18-5/h6-7H,8H2,1-5H3. The zero-order valence-corrected chi connectivity index (χ0v) is 12.6. The Hall–Kier alpha value is -1.42. The van der Waals surface area contributed by atoms with Crippen molar-refractivity contribution in [3.63, 3.8) is 0 Å². The van der Waals surface area contributed by atoms with E-state index >= 15 is 0 Å². The van der Waals surface area contributed by atoms with E-state index in [9.17, 15) is 4.79 Å². The molecule has 0 saturated heterocycles. The Morgan fingerprint density at radius 2 is 1.84 bits per heavy atom. The topological polar surface area (TPSA) is 44.8 Å². The number of rotatable bonds is 4. The van der Waals surface area contributed by atoms with Crippen molar-refractivity contribution in [2.45, 2.75) is 20.8 Å². The molecule has 0 amide bonds. The molecule has 0 spiro atoms. The summed E-state index contributed by atoms with van der Waals surface area (Å²) in [5, 5.41) is 0.339. The molecule has 106 valence electrons. The van der Waals surface area contributed by atoms with Crippen LogP contribution in [0.3, 0.4) is 0 Å². The van der Waals surface area contributed by atoms with Gasteiger partial charge in [-0.2, -0.15) is 0 Å². The molecular weight excluding hydrogens is 268 g/mol. The molecule has 4 nitrogen and oxygen atoms in total. The third-order valence-electron chi connectivity index (χ3n) is 2.34. The molecule has 0 heterocycles. The largest absolute Gasteiger partial charge is 0.496 e. The SMILES string of the molecule is COc1ccc(Cl)c(OC)c1C(=O)OCC(C)(C)C. The first kappa shape index (κ1) is 15.6. The van der Waals surface area contributed by atoms with E-state index in [2.05, 4.69) is 0 Å². The first-order valence-electron chi connectivity index (χ1n) is 5.87. The van der Waals surface area contributed by atoms with Crippen LogP contribution in [0, 0.1) is 5.41 Å². The van der Waals surface area contributed by atoms with E-state index in [0.29, 0.717) is 17.4 Å². The van der Waals surface area contributed by atoms with Gasteiger partial charge < -0.3 is 14.2 Å². The van der Waals surface area contributed by atoms with Gasteiger partial charge in [0.1, 0.15) is 11.3 Å². The van der Waals surface area contributed by atoms with Crippen molar-refractivity contribution in [2.75, 3.05) is 20.8 Å². The minimum Gasteiger partial charge on any atom is -0.496 e. The minimum atomic E-state index is -0.508. The predicted octanol–water partition coefficient (Wildman–Crippen LogP) is 3.56. The maximum Gasteiger partial charge on any atom is 0.345 e. The zero-order chi connectivity index (χ0) is 14.6. The molecule has 1 aromatic carbocycles. The van der Waals surface area contributed by atoms with Gasteiger partial charge in [0.25, 0.3) is 0 Å². The van der Waals surface area contributed by atoms with Gasteiger partial charge in [-0.05, 0) is 17.5 Å². The highest BCUT2D eigenvalue weighted by molar-refractivity contribution is 6.32. The highest BCUT2D eigenvalue weighted by Crippen LogP contribution is 2.36. The fourth-order valence-corrected chi connectivity index (χ4v) is 1.69. The Labute approximate surface area is 118 Å². The van der Waals surface area contributed by atoms with Crippen LogP contribution < -0.4 is 9.47 Å². The molecule has 0 unspecified atom stereocenters. The van der Waals surface area contributed by atoms with Gasteiger partial charge in [0.2, 0.25) is 0 Å². The molecule has 0 bridgehead atoms. The fraction of sp³-hybridized carbons (Fsp3) is 0.500. The van der Waals surface area contributed by atoms with Crippen LogP contribution in [-0.2, 0) is 4.74 Å². The Balaban J connectivity index is 3.10. The number of hydrogen-bond donors (Lipinski definition) is 0. The molecular formula is C14H19ClO4. The molecule has 0 fully saturated rings. The molecule has 1 aromatic rings. The van der Waals surface area contributed by atoms with Gasteiger partial charge in [-0.15, -0.1) is 0 Å². The average Bonchev–Trinajstić information content (AvgIpc) is 2.34. The van der Waals surface area contributed by atoms with Gasteiger partial charge in [-0.25, -0.2) is 4.79 Å². The summed E-state index contributed by atoms with van der Waals surface area (Å²) in [5.74, 6) is 0.131. The summed E-state index contributed by atoms with van der Waals surface area (Å²) in [6.07, 6.45) is 0. The quantitative estimate of drug-likeness (QED) is 0.794. The number of methoxy groups -OCH3 is 2. The van der Waals surface area contributed by atoms with Crippen molar-refractivity contribution in [3.8, 4) is 11.5 Å². The second-order valence-electron chi connectivity index (χ2n) is 5.29. The molecule has 0 aliphatic rings. The van der Waals surface area contributed by atoms with Crippen LogP contribution >= 0.6 is 11.6 Å². The van der Waals surface area contributed by atoms with E-state index in [-0.39, 0.29) is 16.7 Å². The lowest BCUT2D eigenvalue weighted by Crippen LogP contribution is -2.19. The van der Waals surface area contributed by atoms with Crippen molar-refractivity contribution in [1.29, 1.82) is 0 Å². The lowest BCUT2D eigenvalue weighted by molar-refractivity contribution is 0.0360. The summed E-state index contributed by atoms with van der Waals surface area (Å²) in [5.41, 5.74) is 0.0936. The molecule has 0 aromatic heterocycles. The zero-order valence-electron chi connectivity index (χ0n) is 11.9. The highest BCUT2D eigenvalue weighted by atomic mass is 35.5. The van der Waals surface area contributed by atoms with E-state index in [1.54, 1.807) is 12.1 Å². The van der Waals surface area contributed by atoms with Gasteiger partial charge in [-0.3, -0.25) is 0 Å². The predicted molar refractivity (Wildman–Crippen MR) is 74.3 cm³/mol. The van der Waals surface area contributed by atoms with Crippen LogP contribution in [0.2, 0.25) is 5.02 Å². The summed E-state index contributed by atoms with van der Waals surface area (Å²) in [4.78, 5) is 12.2. The second-order valence-corrected chi connectivity index (χ2v) is 5.70. The molecule has 5 heteroatoms. The number of carbonyl (C=O) groups is 1. The summed E-state index contributed by atoms with van der Waals surface area (Å²) in [7, 11) is 2.92. The normalized spacial score (nSPS) is 11.1. The number of ether oxygens (including phenoxy) is 3. The lowest BCUT2D eigenvalue weighted by Gasteiger charge is -2.19. The maximum absolute atomic E-state index is 12.2. The van der Waals surface area contributed by atoms with Crippen LogP contribution in [0.1, 0.15) is 31.1 Å². The number of hydrogen-bond acceptors (Lipinski definition) is 4. The first-order valence-corrected chi connectivity index (χ1v) is 6.25. The van der Waals surface area contributed by atoms with Crippen molar-refractivity contribution < 1.29 is 19.0 Å². The average molecular weight is 287 g/mol. The van der Waals surface area contributed by atoms with Crippen LogP contribution in [-0.4, -0.2) is 26.8 Å². The van der Waals surface area contributed by atoms with E-state index in [4.69, 9.17) is 25.8 Å². The molecule has 1 rings (SSSR count). The summed E-state index contributed by atoms with van der Waals surface area (Å²) in [6, 6.07) is 3.22. The van der Waals surface area contributed by atoms with Gasteiger partial charge in [0.05, 0.1) is 25.8 Å². The summed E-state index contributed by atoms with van der Waals surface area (Å²) >= 11 is 6.00. The van der Waals surface area contributed by atoms with Crippen LogP contribution in [0.5, 0.6) is 11.5 Å². The highest BCUT2D eigenvalue weighted by Gasteiger charge is 2.24. The van der Waals surface area contributed by atoms with E-state index in [0.717, 1.165) is 0 Å². The summed E-state index contributed by atoms with van der Waals surface area (Å²) < 4.78 is 15.6. The van der Waals surface area contributed by atoms with Gasteiger partial charge in [-0.1, -0.05) is 32.4 Å². The Bertz CT molecular complexity index is 463. The minimum absolute atomic E-state index is 0.116. The summed E-state index contributed by atoms with van der Waals surface area (Å²) in [6.45, 7) is 6.23. The number of carbonyl (C=O) groups excluding carboxylic acids is 1. The Kier molecular flexibility index (Phi) is 5.06. The molecule has 0 aliphatic heterocycles. The first-order chi connectivity index (χ1) is 8.80. The molecule has 0 radical (unpaired) electrons. The van der Waals surface area contributed by atoms with Crippen LogP contribution in [0.4, 0.5) is 0 Å². The Morgan fingerprint density at radius 3 is 2.32 bits per heavy atom. The van der Waals surface area contributed by atoms with Gasteiger partial charge >= 0.3 is 5.97 Å². The monoisotopic (exact) mass is 286 g/mol. The second kappa shape index (κ2) is 6.15.